The minimum Gasteiger partial charge on any atom is -0.493 e. The van der Waals surface area contributed by atoms with Gasteiger partial charge in [-0.3, -0.25) is 4.79 Å². The zero-order chi connectivity index (χ0) is 27.1. The predicted octanol–water partition coefficient (Wildman–Crippen LogP) is 4.30. The number of hydrogen-bond donors (Lipinski definition) is 0. The Morgan fingerprint density at radius 3 is 2.36 bits per heavy atom. The Morgan fingerprint density at radius 2 is 1.64 bits per heavy atom. The van der Waals surface area contributed by atoms with Gasteiger partial charge in [-0.15, -0.1) is 0 Å². The highest BCUT2D eigenvalue weighted by molar-refractivity contribution is 5.82. The third kappa shape index (κ3) is 4.57. The first-order chi connectivity index (χ1) is 19.0. The highest BCUT2D eigenvalue weighted by Crippen LogP contribution is 2.48. The Morgan fingerprint density at radius 1 is 0.923 bits per heavy atom. The minimum atomic E-state index is -0.286. The quantitative estimate of drug-likeness (QED) is 0.451. The molecule has 0 aromatic heterocycles. The maximum atomic E-state index is 14.1. The van der Waals surface area contributed by atoms with Gasteiger partial charge in [0.2, 0.25) is 12.7 Å². The molecule has 1 amide bonds. The number of amides is 1. The molecule has 3 aromatic carbocycles. The van der Waals surface area contributed by atoms with Crippen LogP contribution in [0.1, 0.15) is 39.9 Å². The maximum Gasteiger partial charge on any atom is 0.231 e. The van der Waals surface area contributed by atoms with Crippen LogP contribution in [0.2, 0.25) is 0 Å². The molecule has 3 aromatic rings. The van der Waals surface area contributed by atoms with Crippen LogP contribution in [0.5, 0.6) is 23.0 Å². The van der Waals surface area contributed by atoms with Crippen molar-refractivity contribution in [2.75, 3.05) is 41.7 Å². The SMILES string of the molecule is COc1cc2c(cc1OC)C(COCc1ccccc1)N1C(=O)Cc3cc4c(cc3[C@@H](N(C)C)C1C2)OCO4. The van der Waals surface area contributed by atoms with Crippen LogP contribution in [0, 0.1) is 0 Å². The number of rotatable bonds is 7. The number of methoxy groups -OCH3 is 2. The second kappa shape index (κ2) is 10.4. The normalized spacial score (nSPS) is 21.2. The van der Waals surface area contributed by atoms with E-state index in [1.807, 2.05) is 42.5 Å². The van der Waals surface area contributed by atoms with Crippen molar-refractivity contribution < 1.29 is 28.5 Å². The third-order valence-electron chi connectivity index (χ3n) is 8.02. The standard InChI is InChI=1S/C31H34N2O6/c1-32(2)31-23-15-29-28(38-18-39-29)12-21(23)13-30(34)33-24(31)10-20-11-26(35-3)27(36-4)14-22(20)25(33)17-37-16-19-8-6-5-7-9-19/h5-9,11-12,14-15,24-25,31H,10,13,16-18H2,1-4H3/t24?,25?,31-/m1/s1. The zero-order valence-electron chi connectivity index (χ0n) is 22.8. The van der Waals surface area contributed by atoms with Crippen LogP contribution in [0.25, 0.3) is 0 Å². The van der Waals surface area contributed by atoms with E-state index >= 15 is 0 Å². The number of nitrogens with zero attached hydrogens (tertiary/aromatic N) is 2. The van der Waals surface area contributed by atoms with Crippen molar-refractivity contribution in [3.8, 4) is 23.0 Å². The molecule has 0 spiro atoms. The van der Waals surface area contributed by atoms with Crippen LogP contribution in [-0.2, 0) is 29.0 Å². The molecule has 0 saturated heterocycles. The fraction of sp³-hybridized carbons (Fsp3) is 0.387. The maximum absolute atomic E-state index is 14.1. The first-order valence-electron chi connectivity index (χ1n) is 13.2. The van der Waals surface area contributed by atoms with E-state index in [1.165, 1.54) is 0 Å². The summed E-state index contributed by atoms with van der Waals surface area (Å²) in [5.41, 5.74) is 5.32. The number of ether oxygens (including phenoxy) is 5. The Kier molecular flexibility index (Phi) is 6.83. The molecule has 0 bridgehead atoms. The summed E-state index contributed by atoms with van der Waals surface area (Å²) in [4.78, 5) is 18.4. The van der Waals surface area contributed by atoms with Crippen LogP contribution in [0.4, 0.5) is 0 Å². The van der Waals surface area contributed by atoms with Gasteiger partial charge in [0, 0.05) is 0 Å². The molecule has 8 heteroatoms. The first kappa shape index (κ1) is 25.5. The van der Waals surface area contributed by atoms with Crippen molar-refractivity contribution in [2.24, 2.45) is 0 Å². The van der Waals surface area contributed by atoms with Crippen molar-refractivity contribution in [1.82, 2.24) is 9.80 Å². The lowest BCUT2D eigenvalue weighted by Crippen LogP contribution is -2.52. The molecular weight excluding hydrogens is 496 g/mol. The van der Waals surface area contributed by atoms with Crippen LogP contribution in [0.3, 0.4) is 0 Å². The smallest absolute Gasteiger partial charge is 0.231 e. The van der Waals surface area contributed by atoms with Gasteiger partial charge in [-0.25, -0.2) is 0 Å². The molecule has 0 radical (unpaired) electrons. The zero-order valence-corrected chi connectivity index (χ0v) is 22.8. The van der Waals surface area contributed by atoms with Gasteiger partial charge < -0.3 is 33.5 Å². The monoisotopic (exact) mass is 530 g/mol. The molecule has 204 valence electrons. The summed E-state index contributed by atoms with van der Waals surface area (Å²) in [7, 11) is 7.42. The van der Waals surface area contributed by atoms with E-state index in [0.717, 1.165) is 33.6 Å². The van der Waals surface area contributed by atoms with E-state index in [9.17, 15) is 4.79 Å². The molecule has 3 heterocycles. The first-order valence-corrected chi connectivity index (χ1v) is 13.2. The van der Waals surface area contributed by atoms with E-state index in [0.29, 0.717) is 36.9 Å². The predicted molar refractivity (Wildman–Crippen MR) is 145 cm³/mol. The lowest BCUT2D eigenvalue weighted by Gasteiger charge is -2.47. The summed E-state index contributed by atoms with van der Waals surface area (Å²) in [5.74, 6) is 2.81. The fourth-order valence-electron chi connectivity index (χ4n) is 6.30. The number of carbonyl (C=O) groups is 1. The molecule has 0 saturated carbocycles. The molecule has 3 atom stereocenters. The summed E-state index contributed by atoms with van der Waals surface area (Å²) in [6.07, 6.45) is 0.956. The van der Waals surface area contributed by atoms with Gasteiger partial charge in [0.1, 0.15) is 0 Å². The molecule has 2 unspecified atom stereocenters. The van der Waals surface area contributed by atoms with Crippen LogP contribution in [-0.4, -0.2) is 63.5 Å². The van der Waals surface area contributed by atoms with E-state index in [-0.39, 0.29) is 37.2 Å². The highest BCUT2D eigenvalue weighted by atomic mass is 16.7. The molecule has 8 nitrogen and oxygen atoms in total. The third-order valence-corrected chi connectivity index (χ3v) is 8.02. The van der Waals surface area contributed by atoms with Gasteiger partial charge in [0.15, 0.2) is 23.0 Å². The molecule has 0 N–H and O–H groups in total. The highest BCUT2D eigenvalue weighted by Gasteiger charge is 2.46. The molecule has 3 aliphatic heterocycles. The topological polar surface area (TPSA) is 69.7 Å². The second-order valence-electron chi connectivity index (χ2n) is 10.5. The molecule has 0 aliphatic carbocycles. The Hall–Kier alpha value is -3.75. The van der Waals surface area contributed by atoms with Crippen molar-refractivity contribution in [1.29, 1.82) is 0 Å². The number of hydrogen-bond acceptors (Lipinski definition) is 7. The van der Waals surface area contributed by atoms with E-state index in [1.54, 1.807) is 14.2 Å². The molecular formula is C31H34N2O6. The van der Waals surface area contributed by atoms with E-state index in [4.69, 9.17) is 23.7 Å². The Labute approximate surface area is 229 Å². The Bertz CT molecular complexity index is 1380. The van der Waals surface area contributed by atoms with E-state index < -0.39 is 0 Å². The average Bonchev–Trinajstić information content (AvgIpc) is 3.35. The second-order valence-corrected chi connectivity index (χ2v) is 10.5. The average molecular weight is 531 g/mol. The van der Waals surface area contributed by atoms with Crippen molar-refractivity contribution >= 4 is 5.91 Å². The van der Waals surface area contributed by atoms with Gasteiger partial charge >= 0.3 is 0 Å². The number of fused-ring (bicyclic) bond motifs is 4. The van der Waals surface area contributed by atoms with Crippen LogP contribution >= 0.6 is 0 Å². The van der Waals surface area contributed by atoms with Crippen LogP contribution < -0.4 is 18.9 Å². The van der Waals surface area contributed by atoms with Crippen molar-refractivity contribution in [2.45, 2.75) is 37.6 Å². The lowest BCUT2D eigenvalue weighted by atomic mass is 9.83. The number of benzene rings is 3. The molecule has 39 heavy (non-hydrogen) atoms. The molecule has 3 aliphatic rings. The lowest BCUT2D eigenvalue weighted by molar-refractivity contribution is -0.139. The van der Waals surface area contributed by atoms with Gasteiger partial charge in [0.25, 0.3) is 0 Å². The largest absolute Gasteiger partial charge is 0.493 e. The molecule has 0 fully saturated rings. The van der Waals surface area contributed by atoms with Gasteiger partial charge in [-0.2, -0.15) is 0 Å². The van der Waals surface area contributed by atoms with Gasteiger partial charge in [-0.1, -0.05) is 30.3 Å². The van der Waals surface area contributed by atoms with Gasteiger partial charge in [0.05, 0.1) is 52.0 Å². The summed E-state index contributed by atoms with van der Waals surface area (Å²) >= 11 is 0. The van der Waals surface area contributed by atoms with Crippen LogP contribution in [0.15, 0.2) is 54.6 Å². The Balaban J connectivity index is 1.44. The van der Waals surface area contributed by atoms with E-state index in [2.05, 4.69) is 36.0 Å². The van der Waals surface area contributed by atoms with Crippen molar-refractivity contribution in [3.63, 3.8) is 0 Å². The molecule has 6 rings (SSSR count). The summed E-state index contributed by atoms with van der Waals surface area (Å²) < 4.78 is 29.0. The summed E-state index contributed by atoms with van der Waals surface area (Å²) in [6, 6.07) is 17.7. The van der Waals surface area contributed by atoms with Crippen molar-refractivity contribution in [3.05, 3.63) is 82.4 Å². The summed E-state index contributed by atoms with van der Waals surface area (Å²) in [6.45, 7) is 1.02. The number of carbonyl (C=O) groups excluding carboxylic acids is 1. The minimum absolute atomic E-state index is 0.0566. The number of likely N-dealkylation sites (N-methyl/N-ethyl adjacent to an activating group) is 1. The summed E-state index contributed by atoms with van der Waals surface area (Å²) in [5, 5.41) is 0. The fourth-order valence-corrected chi connectivity index (χ4v) is 6.30. The van der Waals surface area contributed by atoms with Gasteiger partial charge in [-0.05, 0) is 72.6 Å².